The molecule has 0 atom stereocenters. The number of carbonyl (C=O) groups excluding carboxylic acids is 2. The minimum atomic E-state index is -4.41. The van der Waals surface area contributed by atoms with Crippen molar-refractivity contribution < 1.29 is 22.8 Å². The zero-order valence-corrected chi connectivity index (χ0v) is 19.3. The first-order valence-electron chi connectivity index (χ1n) is 11.1. The molecule has 9 nitrogen and oxygen atoms in total. The fourth-order valence-corrected chi connectivity index (χ4v) is 4.11. The fourth-order valence-electron chi connectivity index (χ4n) is 4.11. The Kier molecular flexibility index (Phi) is 6.55. The van der Waals surface area contributed by atoms with Gasteiger partial charge in [-0.25, -0.2) is 9.78 Å². The van der Waals surface area contributed by atoms with E-state index in [4.69, 9.17) is 0 Å². The number of halogens is 3. The summed E-state index contributed by atoms with van der Waals surface area (Å²) in [5, 5.41) is 2.65. The number of hydrogen-bond donors (Lipinski definition) is 1. The van der Waals surface area contributed by atoms with Gasteiger partial charge in [-0.05, 0) is 30.3 Å². The molecule has 0 spiro atoms. The highest BCUT2D eigenvalue weighted by atomic mass is 19.4. The molecule has 1 saturated heterocycles. The Morgan fingerprint density at radius 2 is 1.71 bits per heavy atom. The Morgan fingerprint density at radius 3 is 2.40 bits per heavy atom. The summed E-state index contributed by atoms with van der Waals surface area (Å²) >= 11 is 0. The van der Waals surface area contributed by atoms with Crippen molar-refractivity contribution in [2.75, 3.05) is 36.4 Å². The number of rotatable bonds is 5. The Labute approximate surface area is 198 Å². The fraction of sp³-hybridized carbons (Fsp3) is 0.391. The largest absolute Gasteiger partial charge is 0.416 e. The maximum atomic E-state index is 13.0. The number of carbonyl (C=O) groups is 2. The van der Waals surface area contributed by atoms with Crippen molar-refractivity contribution in [3.05, 3.63) is 52.4 Å². The zero-order valence-electron chi connectivity index (χ0n) is 19.3. The monoisotopic (exact) mass is 490 g/mol. The lowest BCUT2D eigenvalue weighted by Crippen LogP contribution is -2.48. The lowest BCUT2D eigenvalue weighted by Gasteiger charge is -2.36. The average molecular weight is 490 g/mol. The van der Waals surface area contributed by atoms with Crippen LogP contribution in [0.15, 0.2) is 41.2 Å². The number of anilines is 2. The van der Waals surface area contributed by atoms with E-state index < -0.39 is 11.7 Å². The van der Waals surface area contributed by atoms with E-state index in [9.17, 15) is 27.6 Å². The molecule has 35 heavy (non-hydrogen) atoms. The van der Waals surface area contributed by atoms with Crippen LogP contribution in [-0.4, -0.2) is 57.0 Å². The molecule has 2 aromatic heterocycles. The minimum Gasteiger partial charge on any atom is -0.368 e. The number of pyridine rings is 1. The van der Waals surface area contributed by atoms with Crippen LogP contribution in [0.5, 0.6) is 0 Å². The van der Waals surface area contributed by atoms with E-state index in [-0.39, 0.29) is 36.2 Å². The van der Waals surface area contributed by atoms with Crippen LogP contribution in [-0.2, 0) is 29.9 Å². The predicted molar refractivity (Wildman–Crippen MR) is 124 cm³/mol. The van der Waals surface area contributed by atoms with Gasteiger partial charge in [0, 0.05) is 58.8 Å². The highest BCUT2D eigenvalue weighted by molar-refractivity contribution is 5.93. The summed E-state index contributed by atoms with van der Waals surface area (Å²) < 4.78 is 41.8. The minimum absolute atomic E-state index is 0.00145. The summed E-state index contributed by atoms with van der Waals surface area (Å²) in [5.41, 5.74) is 0.601. The van der Waals surface area contributed by atoms with E-state index in [1.54, 1.807) is 37.2 Å². The van der Waals surface area contributed by atoms with Crippen LogP contribution in [0.1, 0.15) is 18.4 Å². The van der Waals surface area contributed by atoms with Crippen LogP contribution >= 0.6 is 0 Å². The molecule has 186 valence electrons. The van der Waals surface area contributed by atoms with E-state index in [2.05, 4.69) is 10.3 Å². The van der Waals surface area contributed by atoms with Crippen LogP contribution in [0.25, 0.3) is 11.2 Å². The molecule has 4 rings (SSSR count). The van der Waals surface area contributed by atoms with Gasteiger partial charge in [0.1, 0.15) is 5.82 Å². The number of amides is 2. The number of piperazine rings is 1. The van der Waals surface area contributed by atoms with Crippen LogP contribution < -0.4 is 15.9 Å². The van der Waals surface area contributed by atoms with Crippen molar-refractivity contribution in [2.45, 2.75) is 19.0 Å². The Hall–Kier alpha value is -3.83. The van der Waals surface area contributed by atoms with Crippen LogP contribution in [0.4, 0.5) is 24.7 Å². The first kappa shape index (κ1) is 24.3. The molecule has 1 N–H and O–H groups in total. The van der Waals surface area contributed by atoms with Crippen LogP contribution in [0.3, 0.4) is 0 Å². The number of hydrogen-bond acceptors (Lipinski definition) is 5. The Bertz CT molecular complexity index is 1320. The van der Waals surface area contributed by atoms with E-state index in [0.29, 0.717) is 43.0 Å². The Morgan fingerprint density at radius 1 is 1.00 bits per heavy atom. The first-order chi connectivity index (χ1) is 16.5. The van der Waals surface area contributed by atoms with Gasteiger partial charge in [0.05, 0.1) is 11.1 Å². The molecule has 1 aliphatic rings. The normalized spacial score (nSPS) is 14.4. The van der Waals surface area contributed by atoms with Gasteiger partial charge in [-0.3, -0.25) is 18.7 Å². The lowest BCUT2D eigenvalue weighted by molar-refractivity contribution is -0.137. The molecule has 1 aromatic carbocycles. The molecule has 1 fully saturated rings. The molecule has 0 saturated carbocycles. The summed E-state index contributed by atoms with van der Waals surface area (Å²) in [4.78, 5) is 44.7. The van der Waals surface area contributed by atoms with Gasteiger partial charge in [-0.15, -0.1) is 0 Å². The smallest absolute Gasteiger partial charge is 0.368 e. The van der Waals surface area contributed by atoms with Gasteiger partial charge >= 0.3 is 11.9 Å². The second-order valence-corrected chi connectivity index (χ2v) is 8.40. The SMILES string of the molecule is Cn1c(=O)n(C)c2nc(NC(=O)CCC(=O)N3CCN(c4cccc(C(F)(F)F)c4)CC3)ccc21. The highest BCUT2D eigenvalue weighted by Gasteiger charge is 2.31. The highest BCUT2D eigenvalue weighted by Crippen LogP contribution is 2.31. The maximum Gasteiger partial charge on any atom is 0.416 e. The number of imidazole rings is 1. The summed E-state index contributed by atoms with van der Waals surface area (Å²) in [5.74, 6) is -0.294. The van der Waals surface area contributed by atoms with Gasteiger partial charge in [-0.1, -0.05) is 6.07 Å². The standard InChI is InChI=1S/C23H25F3N6O3/c1-29-17-6-7-18(28-21(17)30(2)22(29)35)27-19(33)8-9-20(34)32-12-10-31(11-13-32)16-5-3-4-15(14-16)23(24,25)26/h3-7,14H,8-13H2,1-2H3,(H,27,28,33). The molecule has 1 aliphatic heterocycles. The van der Waals surface area contributed by atoms with Crippen LogP contribution in [0.2, 0.25) is 0 Å². The molecular weight excluding hydrogens is 465 g/mol. The first-order valence-corrected chi connectivity index (χ1v) is 11.1. The van der Waals surface area contributed by atoms with Crippen molar-refractivity contribution in [2.24, 2.45) is 14.1 Å². The third-order valence-corrected chi connectivity index (χ3v) is 6.11. The third kappa shape index (κ3) is 5.15. The number of aryl methyl sites for hydroxylation is 2. The second-order valence-electron chi connectivity index (χ2n) is 8.40. The lowest BCUT2D eigenvalue weighted by atomic mass is 10.1. The molecule has 2 amide bonds. The molecule has 0 bridgehead atoms. The average Bonchev–Trinajstić information content (AvgIpc) is 3.05. The third-order valence-electron chi connectivity index (χ3n) is 6.11. The number of alkyl halides is 3. The Balaban J connectivity index is 1.28. The topological polar surface area (TPSA) is 92.5 Å². The number of benzene rings is 1. The summed E-state index contributed by atoms with van der Waals surface area (Å²) in [6, 6.07) is 8.42. The van der Waals surface area contributed by atoms with Gasteiger partial charge < -0.3 is 15.1 Å². The summed E-state index contributed by atoms with van der Waals surface area (Å²) in [6.45, 7) is 1.52. The molecule has 3 heterocycles. The van der Waals surface area contributed by atoms with E-state index >= 15 is 0 Å². The van der Waals surface area contributed by atoms with Crippen molar-refractivity contribution in [3.8, 4) is 0 Å². The quantitative estimate of drug-likeness (QED) is 0.593. The van der Waals surface area contributed by atoms with E-state index in [0.717, 1.165) is 12.1 Å². The van der Waals surface area contributed by atoms with Gasteiger partial charge in [0.2, 0.25) is 11.8 Å². The van der Waals surface area contributed by atoms with Crippen molar-refractivity contribution in [1.29, 1.82) is 0 Å². The molecule has 0 aliphatic carbocycles. The second kappa shape index (κ2) is 9.43. The number of nitrogens with one attached hydrogen (secondary N) is 1. The molecular formula is C23H25F3N6O3. The van der Waals surface area contributed by atoms with Gasteiger partial charge in [0.15, 0.2) is 5.65 Å². The van der Waals surface area contributed by atoms with Crippen LogP contribution in [0, 0.1) is 0 Å². The molecule has 3 aromatic rings. The molecule has 0 radical (unpaired) electrons. The van der Waals surface area contributed by atoms with Gasteiger partial charge in [0.25, 0.3) is 0 Å². The predicted octanol–water partition coefficient (Wildman–Crippen LogP) is 2.36. The summed E-state index contributed by atoms with van der Waals surface area (Å²) in [6.07, 6.45) is -4.45. The van der Waals surface area contributed by atoms with Crippen molar-refractivity contribution in [3.63, 3.8) is 0 Å². The van der Waals surface area contributed by atoms with E-state index in [1.807, 2.05) is 4.90 Å². The van der Waals surface area contributed by atoms with Crippen molar-refractivity contribution >= 4 is 34.5 Å². The summed E-state index contributed by atoms with van der Waals surface area (Å²) in [7, 11) is 3.23. The molecule has 0 unspecified atom stereocenters. The van der Waals surface area contributed by atoms with Crippen molar-refractivity contribution in [1.82, 2.24) is 19.0 Å². The van der Waals surface area contributed by atoms with E-state index in [1.165, 1.54) is 15.2 Å². The zero-order chi connectivity index (χ0) is 25.3. The number of fused-ring (bicyclic) bond motifs is 1. The number of nitrogens with zero attached hydrogens (tertiary/aromatic N) is 5. The number of aromatic nitrogens is 3. The maximum absolute atomic E-state index is 13.0. The van der Waals surface area contributed by atoms with Gasteiger partial charge in [-0.2, -0.15) is 13.2 Å². The molecule has 12 heteroatoms.